The lowest BCUT2D eigenvalue weighted by atomic mass is 10.1. The fraction of sp³-hybridized carbons (Fsp3) is 0.167. The van der Waals surface area contributed by atoms with Crippen molar-refractivity contribution in [2.24, 2.45) is 0 Å². The number of aromatic amines is 1. The number of hydrogen-bond donors (Lipinski definition) is 1. The maximum absolute atomic E-state index is 13.1. The quantitative estimate of drug-likeness (QED) is 0.922. The van der Waals surface area contributed by atoms with Crippen LogP contribution in [0.2, 0.25) is 10.0 Å². The van der Waals surface area contributed by atoms with Crippen molar-refractivity contribution in [2.75, 3.05) is 0 Å². The van der Waals surface area contributed by atoms with Crippen molar-refractivity contribution in [3.05, 3.63) is 61.5 Å². The first-order valence-electron chi connectivity index (χ1n) is 5.16. The van der Waals surface area contributed by atoms with E-state index in [2.05, 4.69) is 9.97 Å². The van der Waals surface area contributed by atoms with Crippen LogP contribution in [0.3, 0.4) is 0 Å². The summed E-state index contributed by atoms with van der Waals surface area (Å²) in [6.07, 6.45) is 0.312. The molecule has 0 saturated carbocycles. The van der Waals surface area contributed by atoms with Crippen LogP contribution in [0.15, 0.2) is 23.0 Å². The lowest BCUT2D eigenvalue weighted by Gasteiger charge is -2.05. The summed E-state index contributed by atoms with van der Waals surface area (Å²) in [5, 5.41) is 1.01. The first-order chi connectivity index (χ1) is 8.47. The van der Waals surface area contributed by atoms with Gasteiger partial charge in [-0.05, 0) is 24.6 Å². The average molecular weight is 287 g/mol. The van der Waals surface area contributed by atoms with Gasteiger partial charge in [0.25, 0.3) is 5.56 Å². The molecule has 0 bridgehead atoms. The number of aryl methyl sites for hydroxylation is 1. The Balaban J connectivity index is 2.37. The lowest BCUT2D eigenvalue weighted by molar-refractivity contribution is 0.583. The van der Waals surface area contributed by atoms with Gasteiger partial charge in [0.2, 0.25) is 5.82 Å². The Bertz CT molecular complexity index is 655. The summed E-state index contributed by atoms with van der Waals surface area (Å²) in [5.74, 6) is -0.496. The highest BCUT2D eigenvalue weighted by molar-refractivity contribution is 6.35. The molecule has 0 saturated heterocycles. The molecule has 0 fully saturated rings. The van der Waals surface area contributed by atoms with E-state index in [1.54, 1.807) is 18.2 Å². The van der Waals surface area contributed by atoms with E-state index < -0.39 is 11.4 Å². The van der Waals surface area contributed by atoms with E-state index in [0.717, 1.165) is 5.56 Å². The fourth-order valence-corrected chi connectivity index (χ4v) is 2.03. The minimum absolute atomic E-state index is 0.0684. The zero-order valence-electron chi connectivity index (χ0n) is 9.43. The van der Waals surface area contributed by atoms with Crippen molar-refractivity contribution in [3.8, 4) is 0 Å². The highest BCUT2D eigenvalue weighted by Crippen LogP contribution is 2.22. The molecule has 6 heteroatoms. The Morgan fingerprint density at radius 3 is 2.72 bits per heavy atom. The van der Waals surface area contributed by atoms with Crippen molar-refractivity contribution in [1.82, 2.24) is 9.97 Å². The number of halogens is 3. The van der Waals surface area contributed by atoms with Gasteiger partial charge in [-0.25, -0.2) is 4.98 Å². The third-order valence-corrected chi connectivity index (χ3v) is 3.04. The molecule has 0 unspecified atom stereocenters. The van der Waals surface area contributed by atoms with E-state index in [-0.39, 0.29) is 5.69 Å². The second-order valence-electron chi connectivity index (χ2n) is 3.82. The fourth-order valence-electron chi connectivity index (χ4n) is 1.56. The van der Waals surface area contributed by atoms with Crippen molar-refractivity contribution in [2.45, 2.75) is 13.3 Å². The van der Waals surface area contributed by atoms with Gasteiger partial charge in [0.1, 0.15) is 5.82 Å². The van der Waals surface area contributed by atoms with Crippen LogP contribution in [-0.2, 0) is 6.42 Å². The van der Waals surface area contributed by atoms with Crippen LogP contribution in [-0.4, -0.2) is 9.97 Å². The third-order valence-electron chi connectivity index (χ3n) is 2.45. The third kappa shape index (κ3) is 2.71. The van der Waals surface area contributed by atoms with E-state index in [9.17, 15) is 9.18 Å². The molecule has 1 aromatic heterocycles. The van der Waals surface area contributed by atoms with Crippen molar-refractivity contribution in [3.63, 3.8) is 0 Å². The molecule has 2 rings (SSSR count). The molecule has 0 aliphatic carbocycles. The Labute approximate surface area is 113 Å². The minimum atomic E-state index is -0.860. The summed E-state index contributed by atoms with van der Waals surface area (Å²) in [4.78, 5) is 17.6. The van der Waals surface area contributed by atoms with E-state index in [1.807, 2.05) is 0 Å². The molecule has 0 aliphatic heterocycles. The molecule has 0 spiro atoms. The topological polar surface area (TPSA) is 45.8 Å². The summed E-state index contributed by atoms with van der Waals surface area (Å²) >= 11 is 11.8. The van der Waals surface area contributed by atoms with Gasteiger partial charge in [0.05, 0.1) is 5.69 Å². The summed E-state index contributed by atoms with van der Waals surface area (Å²) < 4.78 is 13.1. The Morgan fingerprint density at radius 1 is 1.39 bits per heavy atom. The second kappa shape index (κ2) is 5.08. The zero-order valence-corrected chi connectivity index (χ0v) is 10.9. The van der Waals surface area contributed by atoms with Gasteiger partial charge >= 0.3 is 0 Å². The first-order valence-corrected chi connectivity index (χ1v) is 5.92. The molecule has 3 nitrogen and oxygen atoms in total. The van der Waals surface area contributed by atoms with Gasteiger partial charge in [-0.15, -0.1) is 0 Å². The van der Waals surface area contributed by atoms with Gasteiger partial charge in [-0.3, -0.25) is 4.79 Å². The smallest absolute Gasteiger partial charge is 0.287 e. The molecular weight excluding hydrogens is 278 g/mol. The van der Waals surface area contributed by atoms with Crippen LogP contribution in [0.25, 0.3) is 0 Å². The molecule has 0 amide bonds. The molecule has 94 valence electrons. The van der Waals surface area contributed by atoms with Crippen molar-refractivity contribution in [1.29, 1.82) is 0 Å². The van der Waals surface area contributed by atoms with Crippen LogP contribution >= 0.6 is 23.2 Å². The predicted octanol–water partition coefficient (Wildman–Crippen LogP) is 3.12. The molecule has 18 heavy (non-hydrogen) atoms. The van der Waals surface area contributed by atoms with Crippen LogP contribution < -0.4 is 5.56 Å². The molecule has 0 atom stereocenters. The molecule has 0 aliphatic rings. The van der Waals surface area contributed by atoms with E-state index in [4.69, 9.17) is 23.2 Å². The monoisotopic (exact) mass is 286 g/mol. The summed E-state index contributed by atoms with van der Waals surface area (Å²) in [6, 6.07) is 5.04. The number of rotatable bonds is 2. The molecule has 2 aromatic rings. The van der Waals surface area contributed by atoms with Crippen LogP contribution in [0.5, 0.6) is 0 Å². The van der Waals surface area contributed by atoms with E-state index >= 15 is 0 Å². The van der Waals surface area contributed by atoms with Gasteiger partial charge in [0, 0.05) is 16.5 Å². The largest absolute Gasteiger partial charge is 0.308 e. The Morgan fingerprint density at radius 2 is 2.11 bits per heavy atom. The molecule has 1 heterocycles. The standard InChI is InChI=1S/C12H9Cl2FN2O/c1-6-11(15)12(18)17-10(16-6)4-7-2-3-8(13)5-9(7)14/h2-3,5H,4H2,1H3,(H,16,17,18). The highest BCUT2D eigenvalue weighted by Gasteiger charge is 2.09. The number of benzene rings is 1. The van der Waals surface area contributed by atoms with Gasteiger partial charge in [-0.1, -0.05) is 29.3 Å². The minimum Gasteiger partial charge on any atom is -0.308 e. The molecule has 1 N–H and O–H groups in total. The average Bonchev–Trinajstić information content (AvgIpc) is 2.29. The van der Waals surface area contributed by atoms with Crippen LogP contribution in [0.1, 0.15) is 17.1 Å². The predicted molar refractivity (Wildman–Crippen MR) is 68.8 cm³/mol. The van der Waals surface area contributed by atoms with E-state index in [1.165, 1.54) is 6.92 Å². The number of nitrogens with zero attached hydrogens (tertiary/aromatic N) is 1. The number of H-pyrrole nitrogens is 1. The van der Waals surface area contributed by atoms with Crippen molar-refractivity contribution >= 4 is 23.2 Å². The summed E-state index contributed by atoms with van der Waals surface area (Å²) in [6.45, 7) is 1.44. The molecule has 1 aromatic carbocycles. The summed E-state index contributed by atoms with van der Waals surface area (Å²) in [5.41, 5.74) is 0.0525. The maximum atomic E-state index is 13.1. The lowest BCUT2D eigenvalue weighted by Crippen LogP contribution is -2.17. The Kier molecular flexibility index (Phi) is 3.68. The number of hydrogen-bond acceptors (Lipinski definition) is 2. The zero-order chi connectivity index (χ0) is 13.3. The SMILES string of the molecule is Cc1nc(Cc2ccc(Cl)cc2Cl)[nH]c(=O)c1F. The van der Waals surface area contributed by atoms with Gasteiger partial charge in [-0.2, -0.15) is 4.39 Å². The van der Waals surface area contributed by atoms with E-state index in [0.29, 0.717) is 22.3 Å². The second-order valence-corrected chi connectivity index (χ2v) is 4.67. The van der Waals surface area contributed by atoms with Crippen molar-refractivity contribution < 1.29 is 4.39 Å². The van der Waals surface area contributed by atoms with Gasteiger partial charge in [0.15, 0.2) is 0 Å². The van der Waals surface area contributed by atoms with Crippen LogP contribution in [0, 0.1) is 12.7 Å². The number of aromatic nitrogens is 2. The van der Waals surface area contributed by atoms with Gasteiger partial charge < -0.3 is 4.98 Å². The maximum Gasteiger partial charge on any atom is 0.287 e. The molecular formula is C12H9Cl2FN2O. The highest BCUT2D eigenvalue weighted by atomic mass is 35.5. The number of nitrogens with one attached hydrogen (secondary N) is 1. The Hall–Kier alpha value is -1.39. The summed E-state index contributed by atoms with van der Waals surface area (Å²) in [7, 11) is 0. The first kappa shape index (κ1) is 13.1. The molecule has 0 radical (unpaired) electrons. The normalized spacial score (nSPS) is 10.7. The van der Waals surface area contributed by atoms with Crippen LogP contribution in [0.4, 0.5) is 4.39 Å².